The van der Waals surface area contributed by atoms with Crippen molar-refractivity contribution in [1.29, 1.82) is 0 Å². The van der Waals surface area contributed by atoms with Crippen LogP contribution >= 0.6 is 24.0 Å². The predicted molar refractivity (Wildman–Crippen MR) is 131 cm³/mol. The van der Waals surface area contributed by atoms with Crippen LogP contribution in [-0.4, -0.2) is 86.1 Å². The monoisotopic (exact) mass is 505 g/mol. The summed E-state index contributed by atoms with van der Waals surface area (Å²) in [5.41, 5.74) is 0. The van der Waals surface area contributed by atoms with E-state index in [-0.39, 0.29) is 24.0 Å². The molecule has 0 aliphatic carbocycles. The van der Waals surface area contributed by atoms with Gasteiger partial charge in [-0.3, -0.25) is 4.99 Å². The summed E-state index contributed by atoms with van der Waals surface area (Å²) >= 11 is 0. The van der Waals surface area contributed by atoms with Gasteiger partial charge in [0.2, 0.25) is 0 Å². The third-order valence-electron chi connectivity index (χ3n) is 6.48. The lowest BCUT2D eigenvalue weighted by Gasteiger charge is -2.26. The van der Waals surface area contributed by atoms with Crippen LogP contribution in [0.2, 0.25) is 0 Å². The molecule has 5 nitrogen and oxygen atoms in total. The van der Waals surface area contributed by atoms with Gasteiger partial charge in [-0.15, -0.1) is 24.0 Å². The summed E-state index contributed by atoms with van der Waals surface area (Å²) in [5.74, 6) is 1.99. The summed E-state index contributed by atoms with van der Waals surface area (Å²) in [4.78, 5) is 12.8. The Morgan fingerprint density at radius 1 is 0.893 bits per heavy atom. The lowest BCUT2D eigenvalue weighted by atomic mass is 10.1. The molecule has 6 heteroatoms. The molecular formula is C22H44IN5. The van der Waals surface area contributed by atoms with E-state index in [1.165, 1.54) is 110 Å². The summed E-state index contributed by atoms with van der Waals surface area (Å²) in [6.07, 6.45) is 12.3. The van der Waals surface area contributed by atoms with Gasteiger partial charge in [0.05, 0.1) is 0 Å². The zero-order valence-electron chi connectivity index (χ0n) is 18.2. The second-order valence-electron chi connectivity index (χ2n) is 8.81. The molecule has 28 heavy (non-hydrogen) atoms. The Balaban J connectivity index is 0.00000280. The number of guanidine groups is 1. The first-order chi connectivity index (χ1) is 13.3. The molecule has 3 saturated heterocycles. The Hall–Kier alpha value is -0.0800. The minimum atomic E-state index is 0. The molecule has 3 aliphatic heterocycles. The van der Waals surface area contributed by atoms with E-state index in [1.807, 2.05) is 0 Å². The van der Waals surface area contributed by atoms with Crippen LogP contribution < -0.4 is 5.32 Å². The average molecular weight is 506 g/mol. The van der Waals surface area contributed by atoms with E-state index in [0.29, 0.717) is 0 Å². The molecule has 1 N–H and O–H groups in total. The third kappa shape index (κ3) is 8.34. The Labute approximate surface area is 190 Å². The maximum atomic E-state index is 4.95. The van der Waals surface area contributed by atoms with Gasteiger partial charge in [-0.25, -0.2) is 0 Å². The molecule has 0 aromatic rings. The second kappa shape index (κ2) is 14.0. The van der Waals surface area contributed by atoms with E-state index in [4.69, 9.17) is 4.99 Å². The Morgan fingerprint density at radius 3 is 2.36 bits per heavy atom. The normalized spacial score (nSPS) is 24.5. The molecule has 0 saturated carbocycles. The van der Waals surface area contributed by atoms with Gasteiger partial charge < -0.3 is 20.0 Å². The highest BCUT2D eigenvalue weighted by Crippen LogP contribution is 2.20. The maximum Gasteiger partial charge on any atom is 0.193 e. The van der Waals surface area contributed by atoms with Gasteiger partial charge in [-0.05, 0) is 90.5 Å². The van der Waals surface area contributed by atoms with Crippen molar-refractivity contribution in [3.8, 4) is 0 Å². The van der Waals surface area contributed by atoms with Crippen molar-refractivity contribution in [3.05, 3.63) is 0 Å². The van der Waals surface area contributed by atoms with E-state index in [1.54, 1.807) is 0 Å². The van der Waals surface area contributed by atoms with Crippen molar-refractivity contribution in [3.63, 3.8) is 0 Å². The van der Waals surface area contributed by atoms with Crippen molar-refractivity contribution < 1.29 is 0 Å². The molecule has 3 aliphatic rings. The summed E-state index contributed by atoms with van der Waals surface area (Å²) in [6.45, 7) is 14.4. The molecule has 0 spiro atoms. The zero-order chi connectivity index (χ0) is 18.7. The van der Waals surface area contributed by atoms with E-state index >= 15 is 0 Å². The molecule has 164 valence electrons. The van der Waals surface area contributed by atoms with Crippen LogP contribution in [0, 0.1) is 5.92 Å². The van der Waals surface area contributed by atoms with E-state index < -0.39 is 0 Å². The fourth-order valence-corrected chi connectivity index (χ4v) is 4.92. The quantitative estimate of drug-likeness (QED) is 0.225. The number of likely N-dealkylation sites (tertiary alicyclic amines) is 3. The number of nitrogens with zero attached hydrogens (tertiary/aromatic N) is 4. The van der Waals surface area contributed by atoms with E-state index in [9.17, 15) is 0 Å². The molecular weight excluding hydrogens is 461 g/mol. The lowest BCUT2D eigenvalue weighted by molar-refractivity contribution is 0.224. The molecule has 0 amide bonds. The SMILES string of the molecule is CCNC(=NCCCCCN1CCCCC1)N1CCC(CN2CCCC2)C1.I. The van der Waals surface area contributed by atoms with Crippen molar-refractivity contribution in [1.82, 2.24) is 20.0 Å². The van der Waals surface area contributed by atoms with Gasteiger partial charge in [0.15, 0.2) is 5.96 Å². The Morgan fingerprint density at radius 2 is 1.61 bits per heavy atom. The Bertz CT molecular complexity index is 433. The summed E-state index contributed by atoms with van der Waals surface area (Å²) in [7, 11) is 0. The van der Waals surface area contributed by atoms with Crippen molar-refractivity contribution >= 4 is 29.9 Å². The number of piperidine rings is 1. The molecule has 1 unspecified atom stereocenters. The third-order valence-corrected chi connectivity index (χ3v) is 6.48. The molecule has 3 rings (SSSR count). The topological polar surface area (TPSA) is 34.1 Å². The van der Waals surface area contributed by atoms with Crippen LogP contribution in [0.15, 0.2) is 4.99 Å². The molecule has 0 aromatic heterocycles. The second-order valence-corrected chi connectivity index (χ2v) is 8.81. The number of nitrogens with one attached hydrogen (secondary N) is 1. The highest BCUT2D eigenvalue weighted by Gasteiger charge is 2.27. The molecule has 1 atom stereocenters. The van der Waals surface area contributed by atoms with Crippen LogP contribution in [0.5, 0.6) is 0 Å². The van der Waals surface area contributed by atoms with Crippen LogP contribution in [0.3, 0.4) is 0 Å². The number of aliphatic imine (C=N–C) groups is 1. The maximum absolute atomic E-state index is 4.95. The van der Waals surface area contributed by atoms with Gasteiger partial charge in [-0.1, -0.05) is 12.8 Å². The van der Waals surface area contributed by atoms with Crippen LogP contribution in [-0.2, 0) is 0 Å². The van der Waals surface area contributed by atoms with Gasteiger partial charge >= 0.3 is 0 Å². The first kappa shape index (κ1) is 24.2. The number of halogens is 1. The summed E-state index contributed by atoms with van der Waals surface area (Å²) in [5, 5.41) is 3.54. The van der Waals surface area contributed by atoms with Crippen molar-refractivity contribution in [2.75, 3.05) is 65.4 Å². The average Bonchev–Trinajstić information content (AvgIpc) is 3.37. The molecule has 3 fully saturated rings. The standard InChI is InChI=1S/C22H43N5.HI/c1-2-23-22(24-12-5-3-6-13-25-14-7-4-8-15-25)27-18-11-21(20-27)19-26-16-9-10-17-26;/h21H,2-20H2,1H3,(H,23,24);1H. The van der Waals surface area contributed by atoms with Gasteiger partial charge in [0.1, 0.15) is 0 Å². The summed E-state index contributed by atoms with van der Waals surface area (Å²) < 4.78 is 0. The summed E-state index contributed by atoms with van der Waals surface area (Å²) in [6, 6.07) is 0. The van der Waals surface area contributed by atoms with Crippen molar-refractivity contribution in [2.24, 2.45) is 10.9 Å². The van der Waals surface area contributed by atoms with Gasteiger partial charge in [0, 0.05) is 32.7 Å². The van der Waals surface area contributed by atoms with Crippen molar-refractivity contribution in [2.45, 2.75) is 64.7 Å². The van der Waals surface area contributed by atoms with Crippen LogP contribution in [0.25, 0.3) is 0 Å². The Kier molecular flexibility index (Phi) is 12.1. The largest absolute Gasteiger partial charge is 0.357 e. The zero-order valence-corrected chi connectivity index (χ0v) is 20.5. The van der Waals surface area contributed by atoms with E-state index in [0.717, 1.165) is 25.0 Å². The highest BCUT2D eigenvalue weighted by atomic mass is 127. The number of unbranched alkanes of at least 4 members (excludes halogenated alkanes) is 2. The molecule has 0 bridgehead atoms. The molecule has 3 heterocycles. The molecule has 0 radical (unpaired) electrons. The number of hydrogen-bond donors (Lipinski definition) is 1. The van der Waals surface area contributed by atoms with Crippen LogP contribution in [0.1, 0.15) is 64.7 Å². The predicted octanol–water partition coefficient (Wildman–Crippen LogP) is 3.64. The van der Waals surface area contributed by atoms with Gasteiger partial charge in [0.25, 0.3) is 0 Å². The fourth-order valence-electron chi connectivity index (χ4n) is 4.92. The minimum Gasteiger partial charge on any atom is -0.357 e. The number of rotatable bonds is 9. The van der Waals surface area contributed by atoms with Crippen LogP contribution in [0.4, 0.5) is 0 Å². The lowest BCUT2D eigenvalue weighted by Crippen LogP contribution is -2.40. The van der Waals surface area contributed by atoms with E-state index in [2.05, 4.69) is 26.9 Å². The van der Waals surface area contributed by atoms with Gasteiger partial charge in [-0.2, -0.15) is 0 Å². The first-order valence-corrected chi connectivity index (χ1v) is 11.8. The number of hydrogen-bond acceptors (Lipinski definition) is 3. The minimum absolute atomic E-state index is 0. The highest BCUT2D eigenvalue weighted by molar-refractivity contribution is 14.0. The smallest absolute Gasteiger partial charge is 0.193 e. The first-order valence-electron chi connectivity index (χ1n) is 11.8. The molecule has 0 aromatic carbocycles. The fraction of sp³-hybridized carbons (Fsp3) is 0.955.